The van der Waals surface area contributed by atoms with Crippen LogP contribution >= 0.6 is 11.8 Å². The standard InChI is InChI=1S/C27H26N6O4S/c1-18-3-2-14-28-24(18)17-19-4-10-22(11-5-19)37-27(36)32-15-12-23(13-16-32)38-26-29-30-31-33(26)21-8-6-20(7-9-21)25(34)35/h2-11,14,23H,12-13,15-17H2,1H3,(H,34,35). The van der Waals surface area contributed by atoms with Gasteiger partial charge >= 0.3 is 12.1 Å². The van der Waals surface area contributed by atoms with E-state index in [1.165, 1.54) is 12.1 Å². The Balaban J connectivity index is 1.12. The molecule has 0 atom stereocenters. The number of nitrogens with zero attached hydrogens (tertiary/aromatic N) is 6. The van der Waals surface area contributed by atoms with E-state index in [-0.39, 0.29) is 16.9 Å². The third-order valence-corrected chi connectivity index (χ3v) is 7.66. The van der Waals surface area contributed by atoms with Crippen molar-refractivity contribution in [3.05, 3.63) is 89.2 Å². The number of likely N-dealkylation sites (tertiary alicyclic amines) is 1. The number of hydrogen-bond donors (Lipinski definition) is 1. The van der Waals surface area contributed by atoms with E-state index in [1.807, 2.05) is 43.3 Å². The van der Waals surface area contributed by atoms with Crippen LogP contribution in [0.5, 0.6) is 5.75 Å². The van der Waals surface area contributed by atoms with Crippen molar-refractivity contribution in [1.29, 1.82) is 0 Å². The maximum Gasteiger partial charge on any atom is 0.415 e. The molecule has 1 saturated heterocycles. The number of carboxylic acids is 1. The Kier molecular flexibility index (Phi) is 7.64. The largest absolute Gasteiger partial charge is 0.478 e. The van der Waals surface area contributed by atoms with E-state index in [1.54, 1.807) is 39.7 Å². The monoisotopic (exact) mass is 530 g/mol. The third-order valence-electron chi connectivity index (χ3n) is 6.39. The molecule has 4 aromatic rings. The van der Waals surface area contributed by atoms with Gasteiger partial charge in [0.15, 0.2) is 0 Å². The van der Waals surface area contributed by atoms with Gasteiger partial charge in [-0.3, -0.25) is 4.98 Å². The van der Waals surface area contributed by atoms with Crippen LogP contribution in [0.3, 0.4) is 0 Å². The molecule has 2 aromatic carbocycles. The number of pyridine rings is 1. The number of ether oxygens (including phenoxy) is 1. The second-order valence-corrected chi connectivity index (χ2v) is 10.3. The van der Waals surface area contributed by atoms with Crippen molar-refractivity contribution >= 4 is 23.8 Å². The number of aromatic carboxylic acids is 1. The van der Waals surface area contributed by atoms with Gasteiger partial charge in [0.1, 0.15) is 5.75 Å². The van der Waals surface area contributed by atoms with Crippen molar-refractivity contribution in [3.63, 3.8) is 0 Å². The fourth-order valence-electron chi connectivity index (χ4n) is 4.20. The number of benzene rings is 2. The van der Waals surface area contributed by atoms with E-state index in [0.717, 1.165) is 36.1 Å². The summed E-state index contributed by atoms with van der Waals surface area (Å²) in [6, 6.07) is 17.9. The van der Waals surface area contributed by atoms with Gasteiger partial charge in [-0.25, -0.2) is 9.59 Å². The molecule has 1 fully saturated rings. The van der Waals surface area contributed by atoms with E-state index in [9.17, 15) is 9.59 Å². The second-order valence-electron chi connectivity index (χ2n) is 8.99. The minimum atomic E-state index is -0.985. The van der Waals surface area contributed by atoms with Crippen LogP contribution in [0.15, 0.2) is 72.0 Å². The molecule has 1 aliphatic rings. The van der Waals surface area contributed by atoms with Crippen molar-refractivity contribution in [1.82, 2.24) is 30.1 Å². The van der Waals surface area contributed by atoms with Crippen LogP contribution in [0.25, 0.3) is 5.69 Å². The van der Waals surface area contributed by atoms with Gasteiger partial charge in [0.2, 0.25) is 5.16 Å². The predicted octanol–water partition coefficient (Wildman–Crippen LogP) is 4.41. The molecule has 10 nitrogen and oxygen atoms in total. The third kappa shape index (κ3) is 6.00. The number of piperidine rings is 1. The molecule has 0 radical (unpaired) electrons. The van der Waals surface area contributed by atoms with Gasteiger partial charge in [-0.1, -0.05) is 30.0 Å². The quantitative estimate of drug-likeness (QED) is 0.370. The zero-order chi connectivity index (χ0) is 26.5. The summed E-state index contributed by atoms with van der Waals surface area (Å²) in [5, 5.41) is 21.9. The summed E-state index contributed by atoms with van der Waals surface area (Å²) >= 11 is 1.55. The molecule has 38 heavy (non-hydrogen) atoms. The Morgan fingerprint density at radius 1 is 1.05 bits per heavy atom. The Morgan fingerprint density at radius 3 is 2.47 bits per heavy atom. The van der Waals surface area contributed by atoms with Crippen molar-refractivity contribution < 1.29 is 19.4 Å². The lowest BCUT2D eigenvalue weighted by Gasteiger charge is -2.30. The average Bonchev–Trinajstić information content (AvgIpc) is 3.39. The number of carboxylic acid groups (broad SMARTS) is 1. The summed E-state index contributed by atoms with van der Waals surface area (Å²) in [4.78, 5) is 30.0. The summed E-state index contributed by atoms with van der Waals surface area (Å²) in [5.74, 6) is -0.470. The smallest absolute Gasteiger partial charge is 0.415 e. The highest BCUT2D eigenvalue weighted by Gasteiger charge is 2.26. The van der Waals surface area contributed by atoms with Crippen molar-refractivity contribution in [2.24, 2.45) is 0 Å². The van der Waals surface area contributed by atoms with Crippen LogP contribution in [0, 0.1) is 6.92 Å². The first-order chi connectivity index (χ1) is 18.5. The van der Waals surface area contributed by atoms with E-state index in [2.05, 4.69) is 20.5 Å². The molecule has 2 aromatic heterocycles. The first-order valence-corrected chi connectivity index (χ1v) is 13.1. The van der Waals surface area contributed by atoms with Crippen LogP contribution in [-0.4, -0.2) is 65.6 Å². The number of aromatic nitrogens is 5. The summed E-state index contributed by atoms with van der Waals surface area (Å²) in [5.41, 5.74) is 4.17. The number of tetrazole rings is 1. The van der Waals surface area contributed by atoms with E-state index >= 15 is 0 Å². The Bertz CT molecular complexity index is 1420. The summed E-state index contributed by atoms with van der Waals surface area (Å²) < 4.78 is 7.21. The molecular formula is C27H26N6O4S. The van der Waals surface area contributed by atoms with Gasteiger partial charge in [0, 0.05) is 36.7 Å². The maximum atomic E-state index is 12.7. The van der Waals surface area contributed by atoms with Crippen molar-refractivity contribution in [2.45, 2.75) is 36.6 Å². The van der Waals surface area contributed by atoms with Gasteiger partial charge in [-0.2, -0.15) is 4.68 Å². The van der Waals surface area contributed by atoms with E-state index < -0.39 is 5.97 Å². The van der Waals surface area contributed by atoms with Crippen LogP contribution in [0.1, 0.15) is 40.0 Å². The zero-order valence-electron chi connectivity index (χ0n) is 20.7. The normalized spacial score (nSPS) is 13.9. The molecule has 0 saturated carbocycles. The molecule has 11 heteroatoms. The number of thioether (sulfide) groups is 1. The van der Waals surface area contributed by atoms with Gasteiger partial charge in [-0.05, 0) is 83.8 Å². The Hall–Kier alpha value is -4.25. The zero-order valence-corrected chi connectivity index (χ0v) is 21.5. The Morgan fingerprint density at radius 2 is 1.79 bits per heavy atom. The van der Waals surface area contributed by atoms with Crippen LogP contribution in [0.4, 0.5) is 4.79 Å². The number of carbonyl (C=O) groups is 2. The summed E-state index contributed by atoms with van der Waals surface area (Å²) in [6.45, 7) is 3.19. The van der Waals surface area contributed by atoms with Gasteiger partial charge in [0.05, 0.1) is 11.3 Å². The highest BCUT2D eigenvalue weighted by molar-refractivity contribution is 7.99. The molecule has 194 valence electrons. The highest BCUT2D eigenvalue weighted by atomic mass is 32.2. The lowest BCUT2D eigenvalue weighted by molar-refractivity contribution is 0.0696. The van der Waals surface area contributed by atoms with Crippen LogP contribution in [0.2, 0.25) is 0 Å². The van der Waals surface area contributed by atoms with Crippen molar-refractivity contribution in [3.8, 4) is 11.4 Å². The molecule has 1 amide bonds. The SMILES string of the molecule is Cc1cccnc1Cc1ccc(OC(=O)N2CCC(Sc3nnnn3-c3ccc(C(=O)O)cc3)CC2)cc1. The van der Waals surface area contributed by atoms with Crippen LogP contribution in [-0.2, 0) is 6.42 Å². The first kappa shape index (κ1) is 25.4. The van der Waals surface area contributed by atoms with Gasteiger partial charge in [0.25, 0.3) is 0 Å². The molecule has 1 N–H and O–H groups in total. The number of amides is 1. The second kappa shape index (κ2) is 11.4. The van der Waals surface area contributed by atoms with Gasteiger partial charge < -0.3 is 14.7 Å². The average molecular weight is 531 g/mol. The first-order valence-electron chi connectivity index (χ1n) is 12.2. The minimum Gasteiger partial charge on any atom is -0.478 e. The summed E-state index contributed by atoms with van der Waals surface area (Å²) in [6.07, 6.45) is 3.71. The van der Waals surface area contributed by atoms with Crippen LogP contribution < -0.4 is 4.74 Å². The molecule has 0 aliphatic carbocycles. The van der Waals surface area contributed by atoms with Crippen molar-refractivity contribution in [2.75, 3.05) is 13.1 Å². The van der Waals surface area contributed by atoms with E-state index in [0.29, 0.717) is 29.7 Å². The highest BCUT2D eigenvalue weighted by Crippen LogP contribution is 2.30. The lowest BCUT2D eigenvalue weighted by Crippen LogP contribution is -2.41. The number of rotatable bonds is 7. The minimum absolute atomic E-state index is 0.200. The number of carbonyl (C=O) groups excluding carboxylic acids is 1. The number of hydrogen-bond acceptors (Lipinski definition) is 8. The fourth-order valence-corrected chi connectivity index (χ4v) is 5.27. The summed E-state index contributed by atoms with van der Waals surface area (Å²) in [7, 11) is 0. The maximum absolute atomic E-state index is 12.7. The molecule has 3 heterocycles. The molecule has 0 spiro atoms. The predicted molar refractivity (Wildman–Crippen MR) is 141 cm³/mol. The van der Waals surface area contributed by atoms with Gasteiger partial charge in [-0.15, -0.1) is 5.10 Å². The molecule has 0 unspecified atom stereocenters. The molecular weight excluding hydrogens is 504 g/mol. The fraction of sp³-hybridized carbons (Fsp3) is 0.259. The topological polar surface area (TPSA) is 123 Å². The molecule has 0 bridgehead atoms. The Labute approximate surface area is 223 Å². The molecule has 5 rings (SSSR count). The molecule has 1 aliphatic heterocycles. The lowest BCUT2D eigenvalue weighted by atomic mass is 10.1. The number of aryl methyl sites for hydroxylation is 1. The van der Waals surface area contributed by atoms with E-state index in [4.69, 9.17) is 9.84 Å².